The highest BCUT2D eigenvalue weighted by molar-refractivity contribution is 5.77. The third-order valence-electron chi connectivity index (χ3n) is 7.18. The monoisotopic (exact) mass is 454 g/mol. The number of fused-ring (bicyclic) bond motifs is 1. The van der Waals surface area contributed by atoms with Crippen molar-refractivity contribution in [3.63, 3.8) is 0 Å². The fourth-order valence-corrected chi connectivity index (χ4v) is 5.15. The molecule has 3 heterocycles. The number of hydrogen-bond acceptors (Lipinski definition) is 6. The van der Waals surface area contributed by atoms with Crippen LogP contribution < -0.4 is 4.90 Å². The van der Waals surface area contributed by atoms with Crippen LogP contribution in [0.2, 0.25) is 0 Å². The van der Waals surface area contributed by atoms with Crippen molar-refractivity contribution >= 4 is 11.7 Å². The molecule has 0 aromatic carbocycles. The van der Waals surface area contributed by atoms with Crippen molar-refractivity contribution in [3.05, 3.63) is 22.4 Å². The van der Waals surface area contributed by atoms with Crippen molar-refractivity contribution in [2.75, 3.05) is 37.7 Å². The molecule has 1 aliphatic carbocycles. The highest BCUT2D eigenvalue weighted by Gasteiger charge is 2.39. The highest BCUT2D eigenvalue weighted by atomic mass is 16.5. The number of amides is 1. The number of pyridine rings is 1. The van der Waals surface area contributed by atoms with Crippen LogP contribution in [0.15, 0.2) is 0 Å². The van der Waals surface area contributed by atoms with Crippen LogP contribution in [0.3, 0.4) is 0 Å². The van der Waals surface area contributed by atoms with E-state index in [1.807, 2.05) is 11.8 Å². The van der Waals surface area contributed by atoms with E-state index in [0.717, 1.165) is 41.9 Å². The second-order valence-corrected chi connectivity index (χ2v) is 10.6. The van der Waals surface area contributed by atoms with E-state index < -0.39 is 0 Å². The molecule has 0 N–H and O–H groups in total. The molecular weight excluding hydrogens is 416 g/mol. The molecule has 33 heavy (non-hydrogen) atoms. The summed E-state index contributed by atoms with van der Waals surface area (Å²) in [7, 11) is 0. The van der Waals surface area contributed by atoms with Crippen molar-refractivity contribution in [2.24, 2.45) is 5.92 Å². The van der Waals surface area contributed by atoms with Gasteiger partial charge < -0.3 is 19.3 Å². The van der Waals surface area contributed by atoms with Gasteiger partial charge in [0, 0.05) is 44.1 Å². The van der Waals surface area contributed by atoms with Crippen LogP contribution >= 0.6 is 0 Å². The van der Waals surface area contributed by atoms with Gasteiger partial charge >= 0.3 is 0 Å². The zero-order valence-corrected chi connectivity index (χ0v) is 20.8. The zero-order valence-electron chi connectivity index (χ0n) is 20.8. The van der Waals surface area contributed by atoms with Gasteiger partial charge in [0.25, 0.3) is 0 Å². The molecule has 7 nitrogen and oxygen atoms in total. The molecule has 0 spiro atoms. The standard InChI is InChI=1S/C26H38N4O3/c1-6-32-12-9-23(31)30-11-10-29(15-22(30)17(2)3)25-20(14-27)19-13-26(4,5)33-16-21(19)24(28-25)18-7-8-18/h17-18,22H,6-13,15-16H2,1-5H3. The van der Waals surface area contributed by atoms with Gasteiger partial charge in [-0.2, -0.15) is 5.26 Å². The smallest absolute Gasteiger partial charge is 0.225 e. The summed E-state index contributed by atoms with van der Waals surface area (Å²) >= 11 is 0. The molecule has 2 fully saturated rings. The summed E-state index contributed by atoms with van der Waals surface area (Å²) < 4.78 is 11.5. The quantitative estimate of drug-likeness (QED) is 0.584. The number of aromatic nitrogens is 1. The van der Waals surface area contributed by atoms with Gasteiger partial charge in [-0.15, -0.1) is 0 Å². The summed E-state index contributed by atoms with van der Waals surface area (Å²) in [6.45, 7) is 14.1. The number of piperazine rings is 1. The van der Waals surface area contributed by atoms with Crippen LogP contribution in [0.4, 0.5) is 5.82 Å². The first-order valence-electron chi connectivity index (χ1n) is 12.5. The second kappa shape index (κ2) is 9.60. The van der Waals surface area contributed by atoms with Gasteiger partial charge in [0.1, 0.15) is 11.9 Å². The molecular formula is C26H38N4O3. The Morgan fingerprint density at radius 2 is 2.06 bits per heavy atom. The first-order chi connectivity index (χ1) is 15.8. The Bertz CT molecular complexity index is 932. The number of rotatable bonds is 7. The van der Waals surface area contributed by atoms with Gasteiger partial charge in [0.2, 0.25) is 5.91 Å². The third-order valence-corrected chi connectivity index (χ3v) is 7.18. The van der Waals surface area contributed by atoms with Crippen molar-refractivity contribution in [1.82, 2.24) is 9.88 Å². The van der Waals surface area contributed by atoms with Gasteiger partial charge in [0.15, 0.2) is 0 Å². The summed E-state index contributed by atoms with van der Waals surface area (Å²) in [5.74, 6) is 1.75. The van der Waals surface area contributed by atoms with E-state index in [1.54, 1.807) is 0 Å². The number of nitrogens with zero attached hydrogens (tertiary/aromatic N) is 4. The van der Waals surface area contributed by atoms with E-state index in [9.17, 15) is 10.1 Å². The fraction of sp³-hybridized carbons (Fsp3) is 0.731. The van der Waals surface area contributed by atoms with Gasteiger partial charge in [0.05, 0.1) is 42.5 Å². The number of carbonyl (C=O) groups is 1. The molecule has 1 atom stereocenters. The van der Waals surface area contributed by atoms with Gasteiger partial charge in [-0.05, 0) is 45.1 Å². The highest BCUT2D eigenvalue weighted by Crippen LogP contribution is 2.46. The van der Waals surface area contributed by atoms with Crippen LogP contribution in [0, 0.1) is 17.2 Å². The van der Waals surface area contributed by atoms with E-state index in [-0.39, 0.29) is 17.6 Å². The maximum absolute atomic E-state index is 12.9. The minimum absolute atomic E-state index is 0.0846. The molecule has 1 aromatic rings. The Kier molecular flexibility index (Phi) is 6.97. The molecule has 0 bridgehead atoms. The Morgan fingerprint density at radius 3 is 2.70 bits per heavy atom. The van der Waals surface area contributed by atoms with E-state index in [4.69, 9.17) is 14.5 Å². The number of carbonyl (C=O) groups excluding carboxylic acids is 1. The minimum Gasteiger partial charge on any atom is -0.381 e. The summed E-state index contributed by atoms with van der Waals surface area (Å²) in [5.41, 5.74) is 3.80. The van der Waals surface area contributed by atoms with Crippen molar-refractivity contribution < 1.29 is 14.3 Å². The Labute approximate surface area is 198 Å². The first-order valence-corrected chi connectivity index (χ1v) is 12.5. The Balaban J connectivity index is 1.65. The SMILES string of the molecule is CCOCCC(=O)N1CCN(c2nc(C3CC3)c3c(c2C#N)CC(C)(C)OC3)CC1C(C)C. The Morgan fingerprint density at radius 1 is 1.30 bits per heavy atom. The predicted octanol–water partition coefficient (Wildman–Crippen LogP) is 3.78. The van der Waals surface area contributed by atoms with Crippen molar-refractivity contribution in [3.8, 4) is 6.07 Å². The van der Waals surface area contributed by atoms with E-state index in [1.165, 1.54) is 0 Å². The first kappa shape index (κ1) is 24.0. The lowest BCUT2D eigenvalue weighted by atomic mass is 9.87. The number of ether oxygens (including phenoxy) is 2. The lowest BCUT2D eigenvalue weighted by Gasteiger charge is -2.44. The third kappa shape index (κ3) is 5.02. The van der Waals surface area contributed by atoms with Crippen LogP contribution in [0.5, 0.6) is 0 Å². The lowest BCUT2D eigenvalue weighted by Crippen LogP contribution is -2.57. The average Bonchev–Trinajstić information content (AvgIpc) is 3.62. The van der Waals surface area contributed by atoms with Gasteiger partial charge in [-0.1, -0.05) is 13.8 Å². The zero-order chi connectivity index (χ0) is 23.8. The molecule has 1 amide bonds. The molecule has 2 aliphatic heterocycles. The molecule has 180 valence electrons. The van der Waals surface area contributed by atoms with Crippen molar-refractivity contribution in [1.29, 1.82) is 5.26 Å². The summed E-state index contributed by atoms with van der Waals surface area (Å²) in [6.07, 6.45) is 3.46. The molecule has 7 heteroatoms. The number of anilines is 1. The molecule has 1 aromatic heterocycles. The maximum atomic E-state index is 12.9. The molecule has 1 saturated carbocycles. The molecule has 3 aliphatic rings. The molecule has 1 unspecified atom stereocenters. The molecule has 4 rings (SSSR count). The maximum Gasteiger partial charge on any atom is 0.225 e. The van der Waals surface area contributed by atoms with E-state index in [0.29, 0.717) is 63.3 Å². The predicted molar refractivity (Wildman–Crippen MR) is 127 cm³/mol. The number of nitriles is 1. The summed E-state index contributed by atoms with van der Waals surface area (Å²) in [4.78, 5) is 22.3. The average molecular weight is 455 g/mol. The minimum atomic E-state index is -0.288. The second-order valence-electron chi connectivity index (χ2n) is 10.6. The lowest BCUT2D eigenvalue weighted by molar-refractivity contribution is -0.136. The van der Waals surface area contributed by atoms with Crippen LogP contribution in [-0.2, 0) is 27.3 Å². The summed E-state index contributed by atoms with van der Waals surface area (Å²) in [5, 5.41) is 10.2. The van der Waals surface area contributed by atoms with E-state index >= 15 is 0 Å². The topological polar surface area (TPSA) is 78.7 Å². The van der Waals surface area contributed by atoms with Gasteiger partial charge in [-0.25, -0.2) is 4.98 Å². The summed E-state index contributed by atoms with van der Waals surface area (Å²) in [6, 6.07) is 2.59. The largest absolute Gasteiger partial charge is 0.381 e. The van der Waals surface area contributed by atoms with Crippen LogP contribution in [0.25, 0.3) is 0 Å². The van der Waals surface area contributed by atoms with Gasteiger partial charge in [-0.3, -0.25) is 4.79 Å². The Hall–Kier alpha value is -2.17. The van der Waals surface area contributed by atoms with Crippen LogP contribution in [-0.4, -0.2) is 60.3 Å². The number of hydrogen-bond donors (Lipinski definition) is 0. The fourth-order valence-electron chi connectivity index (χ4n) is 5.15. The normalized spacial score (nSPS) is 22.3. The van der Waals surface area contributed by atoms with Crippen molar-refractivity contribution in [2.45, 2.75) is 84.5 Å². The molecule has 1 saturated heterocycles. The molecule has 0 radical (unpaired) electrons. The van der Waals surface area contributed by atoms with Crippen LogP contribution in [0.1, 0.15) is 82.2 Å². The van der Waals surface area contributed by atoms with E-state index in [2.05, 4.69) is 38.7 Å².